The van der Waals surface area contributed by atoms with E-state index in [0.29, 0.717) is 34.3 Å². The van der Waals surface area contributed by atoms with Crippen LogP contribution in [-0.2, 0) is 13.1 Å². The Morgan fingerprint density at radius 2 is 1.84 bits per heavy atom. The molecule has 0 bridgehead atoms. The van der Waals surface area contributed by atoms with Crippen LogP contribution in [-0.4, -0.2) is 36.4 Å². The van der Waals surface area contributed by atoms with E-state index in [9.17, 15) is 14.4 Å². The van der Waals surface area contributed by atoms with Crippen LogP contribution in [0.2, 0.25) is 0 Å². The van der Waals surface area contributed by atoms with Crippen LogP contribution < -0.4 is 11.0 Å². The highest BCUT2D eigenvalue weighted by Crippen LogP contribution is 2.15. The molecule has 4 rings (SSSR count). The highest BCUT2D eigenvalue weighted by molar-refractivity contribution is 5.97. The summed E-state index contributed by atoms with van der Waals surface area (Å²) in [4.78, 5) is 52.4. The maximum atomic E-state index is 13.5. The normalized spacial score (nSPS) is 11.4. The van der Waals surface area contributed by atoms with E-state index >= 15 is 0 Å². The molecule has 0 fully saturated rings. The summed E-state index contributed by atoms with van der Waals surface area (Å²) < 4.78 is 1.81. The Morgan fingerprint density at radius 3 is 2.56 bits per heavy atom. The van der Waals surface area contributed by atoms with E-state index in [4.69, 9.17) is 0 Å². The minimum Gasteiger partial charge on any atom is -0.332 e. The van der Waals surface area contributed by atoms with E-state index < -0.39 is 5.91 Å². The first-order valence-corrected chi connectivity index (χ1v) is 10.6. The number of nitrogens with zero attached hydrogens (tertiary/aromatic N) is 4. The lowest BCUT2D eigenvalue weighted by molar-refractivity contribution is 0.0683. The second-order valence-corrected chi connectivity index (χ2v) is 8.04. The van der Waals surface area contributed by atoms with Crippen molar-refractivity contribution < 1.29 is 4.79 Å². The van der Waals surface area contributed by atoms with Crippen molar-refractivity contribution in [2.45, 2.75) is 46.8 Å². The van der Waals surface area contributed by atoms with Crippen molar-refractivity contribution in [2.75, 3.05) is 0 Å². The van der Waals surface area contributed by atoms with E-state index in [2.05, 4.69) is 15.0 Å². The third-order valence-electron chi connectivity index (χ3n) is 5.50. The maximum absolute atomic E-state index is 13.5. The minimum atomic E-state index is -0.412. The molecule has 1 amide bonds. The number of benzene rings is 1. The number of rotatable bonds is 5. The molecule has 0 aliphatic heterocycles. The molecule has 0 radical (unpaired) electrons. The largest absolute Gasteiger partial charge is 0.332 e. The molecule has 0 unspecified atom stereocenters. The van der Waals surface area contributed by atoms with Crippen molar-refractivity contribution in [1.29, 1.82) is 0 Å². The molecule has 0 aliphatic carbocycles. The number of hydrogen-bond donors (Lipinski definition) is 1. The first-order valence-electron chi connectivity index (χ1n) is 10.6. The molecule has 3 aromatic heterocycles. The van der Waals surface area contributed by atoms with Crippen LogP contribution in [0.25, 0.3) is 21.9 Å². The fraction of sp³-hybridized carbons (Fsp3) is 0.292. The summed E-state index contributed by atoms with van der Waals surface area (Å²) in [5.41, 5.74) is 1.37. The van der Waals surface area contributed by atoms with Crippen molar-refractivity contribution in [3.05, 3.63) is 80.3 Å². The summed E-state index contributed by atoms with van der Waals surface area (Å²) >= 11 is 0. The SMILES string of the molecule is CCn1cc(C(=O)N(Cc2nc3ccccc3c(=O)[nH]2)C(C)C)c(=O)c2ccc(C)nc21. The monoisotopic (exact) mass is 431 g/mol. The van der Waals surface area contributed by atoms with E-state index in [-0.39, 0.29) is 29.1 Å². The fourth-order valence-corrected chi connectivity index (χ4v) is 3.77. The topological polar surface area (TPSA) is 101 Å². The Balaban J connectivity index is 1.79. The first kappa shape index (κ1) is 21.4. The number of H-pyrrole nitrogens is 1. The van der Waals surface area contributed by atoms with E-state index in [1.807, 2.05) is 38.3 Å². The summed E-state index contributed by atoms with van der Waals surface area (Å²) in [6, 6.07) is 10.3. The van der Waals surface area contributed by atoms with Crippen LogP contribution in [0.15, 0.2) is 52.2 Å². The third kappa shape index (κ3) is 3.79. The second-order valence-electron chi connectivity index (χ2n) is 8.04. The number of hydrogen-bond acceptors (Lipinski definition) is 5. The summed E-state index contributed by atoms with van der Waals surface area (Å²) in [7, 11) is 0. The highest BCUT2D eigenvalue weighted by Gasteiger charge is 2.24. The van der Waals surface area contributed by atoms with Gasteiger partial charge in [0, 0.05) is 24.5 Å². The molecule has 8 nitrogen and oxygen atoms in total. The molecule has 32 heavy (non-hydrogen) atoms. The van der Waals surface area contributed by atoms with Crippen molar-refractivity contribution >= 4 is 27.8 Å². The van der Waals surface area contributed by atoms with Gasteiger partial charge in [-0.2, -0.15) is 0 Å². The highest BCUT2D eigenvalue weighted by atomic mass is 16.2. The van der Waals surface area contributed by atoms with Gasteiger partial charge in [-0.3, -0.25) is 14.4 Å². The van der Waals surface area contributed by atoms with Gasteiger partial charge in [0.15, 0.2) is 0 Å². The average Bonchev–Trinajstić information content (AvgIpc) is 2.77. The lowest BCUT2D eigenvalue weighted by atomic mass is 10.1. The molecular formula is C24H25N5O3. The number of aromatic nitrogens is 4. The molecule has 0 aliphatic rings. The number of carbonyl (C=O) groups is 1. The van der Waals surface area contributed by atoms with Gasteiger partial charge in [-0.25, -0.2) is 9.97 Å². The number of nitrogens with one attached hydrogen (secondary N) is 1. The smallest absolute Gasteiger partial charge is 0.259 e. The average molecular weight is 431 g/mol. The number of aromatic amines is 1. The Labute approximate surface area is 184 Å². The van der Waals surface area contributed by atoms with Gasteiger partial charge in [-0.05, 0) is 52.0 Å². The molecule has 8 heteroatoms. The van der Waals surface area contributed by atoms with Gasteiger partial charge in [0.05, 0.1) is 22.8 Å². The number of amides is 1. The van der Waals surface area contributed by atoms with Crippen molar-refractivity contribution in [3.63, 3.8) is 0 Å². The van der Waals surface area contributed by atoms with Gasteiger partial charge in [0.25, 0.3) is 11.5 Å². The van der Waals surface area contributed by atoms with Gasteiger partial charge in [0.2, 0.25) is 5.43 Å². The summed E-state index contributed by atoms with van der Waals surface area (Å²) in [6.07, 6.45) is 1.57. The number of pyridine rings is 2. The minimum absolute atomic E-state index is 0.0711. The zero-order chi connectivity index (χ0) is 23.0. The molecule has 0 spiro atoms. The molecule has 4 aromatic rings. The molecule has 1 aromatic carbocycles. The van der Waals surface area contributed by atoms with Crippen molar-refractivity contribution in [2.24, 2.45) is 0 Å². The van der Waals surface area contributed by atoms with Crippen LogP contribution in [0.4, 0.5) is 0 Å². The zero-order valence-electron chi connectivity index (χ0n) is 18.5. The van der Waals surface area contributed by atoms with E-state index in [0.717, 1.165) is 5.69 Å². The lowest BCUT2D eigenvalue weighted by Gasteiger charge is -2.26. The standard InChI is InChI=1S/C24H25N5O3/c1-5-28-12-18(21(30)17-11-10-15(4)25-22(17)28)24(32)29(14(2)3)13-20-26-19-9-7-6-8-16(19)23(31)27-20/h6-12,14H,5,13H2,1-4H3,(H,26,27,31). The Bertz CT molecular complexity index is 1450. The quantitative estimate of drug-likeness (QED) is 0.523. The molecule has 3 heterocycles. The van der Waals surface area contributed by atoms with Gasteiger partial charge in [-0.1, -0.05) is 12.1 Å². The first-order chi connectivity index (χ1) is 15.3. The summed E-state index contributed by atoms with van der Waals surface area (Å²) in [5, 5.41) is 0.895. The number of carbonyl (C=O) groups excluding carboxylic acids is 1. The second kappa shape index (κ2) is 8.37. The number of aryl methyl sites for hydroxylation is 2. The Kier molecular flexibility index (Phi) is 5.61. The van der Waals surface area contributed by atoms with Crippen LogP contribution in [0, 0.1) is 6.92 Å². The number of para-hydroxylation sites is 1. The van der Waals surface area contributed by atoms with Crippen LogP contribution in [0.3, 0.4) is 0 Å². The molecule has 164 valence electrons. The molecular weight excluding hydrogens is 406 g/mol. The van der Waals surface area contributed by atoms with Crippen LogP contribution in [0.5, 0.6) is 0 Å². The predicted octanol–water partition coefficient (Wildman–Crippen LogP) is 3.01. The Morgan fingerprint density at radius 1 is 1.09 bits per heavy atom. The lowest BCUT2D eigenvalue weighted by Crippen LogP contribution is -2.40. The summed E-state index contributed by atoms with van der Waals surface area (Å²) in [5.74, 6) is -0.0462. The van der Waals surface area contributed by atoms with Crippen LogP contribution in [0.1, 0.15) is 42.6 Å². The maximum Gasteiger partial charge on any atom is 0.259 e. The fourth-order valence-electron chi connectivity index (χ4n) is 3.77. The third-order valence-corrected chi connectivity index (χ3v) is 5.50. The van der Waals surface area contributed by atoms with E-state index in [1.54, 1.807) is 36.5 Å². The Hall–Kier alpha value is -3.81. The van der Waals surface area contributed by atoms with E-state index in [1.165, 1.54) is 4.90 Å². The van der Waals surface area contributed by atoms with Gasteiger partial charge >= 0.3 is 0 Å². The molecule has 0 saturated heterocycles. The van der Waals surface area contributed by atoms with Crippen molar-refractivity contribution in [1.82, 2.24) is 24.4 Å². The van der Waals surface area contributed by atoms with Gasteiger partial charge in [-0.15, -0.1) is 0 Å². The zero-order valence-corrected chi connectivity index (χ0v) is 18.5. The molecule has 0 saturated carbocycles. The van der Waals surface area contributed by atoms with Crippen LogP contribution >= 0.6 is 0 Å². The van der Waals surface area contributed by atoms with Gasteiger partial charge < -0.3 is 14.5 Å². The molecule has 1 N–H and O–H groups in total. The van der Waals surface area contributed by atoms with Gasteiger partial charge in [0.1, 0.15) is 17.0 Å². The predicted molar refractivity (Wildman–Crippen MR) is 124 cm³/mol. The molecule has 0 atom stereocenters. The van der Waals surface area contributed by atoms with Crippen molar-refractivity contribution in [3.8, 4) is 0 Å². The number of fused-ring (bicyclic) bond motifs is 2. The summed E-state index contributed by atoms with van der Waals surface area (Å²) in [6.45, 7) is 8.16.